The van der Waals surface area contributed by atoms with Crippen molar-refractivity contribution < 1.29 is 22.7 Å². The topological polar surface area (TPSA) is 36.2 Å². The van der Waals surface area contributed by atoms with Gasteiger partial charge >= 0.3 is 6.18 Å². The molecule has 0 unspecified atom stereocenters. The van der Waals surface area contributed by atoms with Gasteiger partial charge in [-0.15, -0.1) is 0 Å². The summed E-state index contributed by atoms with van der Waals surface area (Å²) < 4.78 is 38.5. The highest BCUT2D eigenvalue weighted by Gasteiger charge is 2.29. The van der Waals surface area contributed by atoms with Gasteiger partial charge in [0.25, 0.3) is 0 Å². The lowest BCUT2D eigenvalue weighted by Crippen LogP contribution is -2.02. The van der Waals surface area contributed by atoms with Gasteiger partial charge in [0.05, 0.1) is 11.7 Å². The smallest absolute Gasteiger partial charge is 0.422 e. The molecule has 1 aromatic heterocycles. The summed E-state index contributed by atoms with van der Waals surface area (Å²) in [6.45, 7) is 0. The van der Waals surface area contributed by atoms with E-state index in [2.05, 4.69) is 4.42 Å². The maximum absolute atomic E-state index is 11.6. The molecule has 0 amide bonds. The average Bonchev–Trinajstić information content (AvgIpc) is 2.11. The SMILES string of the molecule is [O-]c1ccc(C(F)(F)F)o1. The van der Waals surface area contributed by atoms with Crippen LogP contribution < -0.4 is 5.11 Å². The lowest BCUT2D eigenvalue weighted by molar-refractivity contribution is -0.297. The standard InChI is InChI=1S/C5H3F3O2/c6-5(7,8)3-1-2-4(9)10-3/h1-2,9H/p-1. The van der Waals surface area contributed by atoms with Gasteiger partial charge in [0.2, 0.25) is 0 Å². The summed E-state index contributed by atoms with van der Waals surface area (Å²) in [5.74, 6) is -2.23. The van der Waals surface area contributed by atoms with Crippen molar-refractivity contribution in [3.8, 4) is 5.95 Å². The van der Waals surface area contributed by atoms with Crippen LogP contribution in [-0.4, -0.2) is 0 Å². The molecular weight excluding hydrogens is 149 g/mol. The predicted molar refractivity (Wildman–Crippen MR) is 23.2 cm³/mol. The largest absolute Gasteiger partial charge is 0.576 e. The first-order valence-electron chi connectivity index (χ1n) is 2.34. The summed E-state index contributed by atoms with van der Waals surface area (Å²) in [6, 6.07) is 1.32. The summed E-state index contributed by atoms with van der Waals surface area (Å²) in [7, 11) is 0. The lowest BCUT2D eigenvalue weighted by atomic mass is 10.4. The van der Waals surface area contributed by atoms with Crippen LogP contribution in [-0.2, 0) is 6.18 Å². The van der Waals surface area contributed by atoms with E-state index in [1.807, 2.05) is 0 Å². The highest BCUT2D eigenvalue weighted by atomic mass is 19.4. The summed E-state index contributed by atoms with van der Waals surface area (Å²) in [6.07, 6.45) is -4.55. The van der Waals surface area contributed by atoms with Gasteiger partial charge in [-0.3, -0.25) is 0 Å². The van der Waals surface area contributed by atoms with E-state index in [-0.39, 0.29) is 0 Å². The lowest BCUT2D eigenvalue weighted by Gasteiger charge is -2.05. The molecule has 1 rings (SSSR count). The molecule has 0 aliphatic rings. The molecule has 0 aliphatic carbocycles. The molecule has 1 heterocycles. The van der Waals surface area contributed by atoms with E-state index in [0.29, 0.717) is 6.07 Å². The Kier molecular flexibility index (Phi) is 1.35. The van der Waals surface area contributed by atoms with Gasteiger partial charge in [0.1, 0.15) is 0 Å². The van der Waals surface area contributed by atoms with Crippen LogP contribution in [0.25, 0.3) is 0 Å². The Hall–Kier alpha value is -1.13. The van der Waals surface area contributed by atoms with E-state index in [1.165, 1.54) is 0 Å². The second kappa shape index (κ2) is 1.93. The number of alkyl halides is 3. The fourth-order valence-electron chi connectivity index (χ4n) is 0.472. The molecule has 0 aliphatic heterocycles. The van der Waals surface area contributed by atoms with Crippen LogP contribution in [0.3, 0.4) is 0 Å². The molecule has 1 aromatic rings. The molecule has 0 saturated heterocycles. The van der Waals surface area contributed by atoms with E-state index in [9.17, 15) is 18.3 Å². The van der Waals surface area contributed by atoms with Crippen molar-refractivity contribution in [2.75, 3.05) is 0 Å². The van der Waals surface area contributed by atoms with E-state index >= 15 is 0 Å². The highest BCUT2D eigenvalue weighted by Crippen LogP contribution is 2.31. The van der Waals surface area contributed by atoms with Gasteiger partial charge in [0.15, 0.2) is 0 Å². The summed E-state index contributed by atoms with van der Waals surface area (Å²) in [5, 5.41) is 10.1. The van der Waals surface area contributed by atoms with Crippen molar-refractivity contribution in [3.05, 3.63) is 17.9 Å². The fraction of sp³-hybridized carbons (Fsp3) is 0.200. The molecule has 0 spiro atoms. The van der Waals surface area contributed by atoms with Crippen LogP contribution in [0.15, 0.2) is 16.5 Å². The van der Waals surface area contributed by atoms with Crippen LogP contribution in [0.2, 0.25) is 0 Å². The molecule has 0 radical (unpaired) electrons. The first-order valence-corrected chi connectivity index (χ1v) is 2.34. The molecular formula is C5H2F3O2-. The van der Waals surface area contributed by atoms with Gasteiger partial charge in [-0.2, -0.15) is 13.2 Å². The zero-order valence-corrected chi connectivity index (χ0v) is 4.61. The Morgan fingerprint density at radius 2 is 1.90 bits per heavy atom. The quantitative estimate of drug-likeness (QED) is 0.561. The van der Waals surface area contributed by atoms with Crippen LogP contribution in [0, 0.1) is 0 Å². The first-order chi connectivity index (χ1) is 4.50. The van der Waals surface area contributed by atoms with Gasteiger partial charge in [-0.25, -0.2) is 0 Å². The third-order valence-electron chi connectivity index (χ3n) is 0.861. The maximum atomic E-state index is 11.6. The predicted octanol–water partition coefficient (Wildman–Crippen LogP) is 1.37. The second-order valence-corrected chi connectivity index (χ2v) is 1.62. The van der Waals surface area contributed by atoms with Crippen molar-refractivity contribution in [2.24, 2.45) is 0 Å². The maximum Gasteiger partial charge on any atom is 0.422 e. The van der Waals surface area contributed by atoms with Crippen molar-refractivity contribution in [2.45, 2.75) is 6.18 Å². The van der Waals surface area contributed by atoms with Gasteiger partial charge in [0, 0.05) is 0 Å². The fourth-order valence-corrected chi connectivity index (χ4v) is 0.472. The normalized spacial score (nSPS) is 11.9. The summed E-state index contributed by atoms with van der Waals surface area (Å²) in [5.41, 5.74) is 0. The van der Waals surface area contributed by atoms with Crippen molar-refractivity contribution in [1.82, 2.24) is 0 Å². The Labute approximate surface area is 53.9 Å². The molecule has 5 heteroatoms. The summed E-state index contributed by atoms with van der Waals surface area (Å²) in [4.78, 5) is 0. The third kappa shape index (κ3) is 1.23. The van der Waals surface area contributed by atoms with Crippen molar-refractivity contribution in [1.29, 1.82) is 0 Å². The Bertz CT molecular complexity index is 225. The highest BCUT2D eigenvalue weighted by molar-refractivity contribution is 5.11. The minimum Gasteiger partial charge on any atom is -0.576 e. The van der Waals surface area contributed by atoms with E-state index in [1.54, 1.807) is 0 Å². The molecule has 0 fully saturated rings. The molecule has 0 atom stereocenters. The van der Waals surface area contributed by atoms with Crippen LogP contribution >= 0.6 is 0 Å². The van der Waals surface area contributed by atoms with E-state index in [0.717, 1.165) is 6.07 Å². The number of furan rings is 1. The Morgan fingerprint density at radius 3 is 2.10 bits per heavy atom. The molecule has 0 bridgehead atoms. The number of halogens is 3. The first kappa shape index (κ1) is 6.98. The molecule has 10 heavy (non-hydrogen) atoms. The molecule has 2 nitrogen and oxygen atoms in total. The zero-order valence-electron chi connectivity index (χ0n) is 4.61. The van der Waals surface area contributed by atoms with Gasteiger partial charge in [-0.05, 0) is 12.1 Å². The average molecular weight is 151 g/mol. The van der Waals surface area contributed by atoms with Crippen molar-refractivity contribution >= 4 is 0 Å². The molecule has 0 aromatic carbocycles. The molecule has 56 valence electrons. The minimum atomic E-state index is -4.55. The van der Waals surface area contributed by atoms with Gasteiger partial charge in [-0.1, -0.05) is 0 Å². The Balaban J connectivity index is 2.96. The molecule has 0 N–H and O–H groups in total. The van der Waals surface area contributed by atoms with Crippen molar-refractivity contribution in [3.63, 3.8) is 0 Å². The number of hydrogen-bond donors (Lipinski definition) is 0. The number of hydrogen-bond acceptors (Lipinski definition) is 2. The van der Waals surface area contributed by atoms with Crippen LogP contribution in [0.5, 0.6) is 5.95 Å². The zero-order chi connectivity index (χ0) is 7.78. The summed E-state index contributed by atoms with van der Waals surface area (Å²) >= 11 is 0. The third-order valence-corrected chi connectivity index (χ3v) is 0.861. The molecule has 0 saturated carbocycles. The number of rotatable bonds is 0. The van der Waals surface area contributed by atoms with E-state index < -0.39 is 17.9 Å². The van der Waals surface area contributed by atoms with Crippen LogP contribution in [0.1, 0.15) is 5.76 Å². The van der Waals surface area contributed by atoms with Gasteiger partial charge < -0.3 is 9.52 Å². The monoisotopic (exact) mass is 151 g/mol. The van der Waals surface area contributed by atoms with Crippen LogP contribution in [0.4, 0.5) is 13.2 Å². The van der Waals surface area contributed by atoms with E-state index in [4.69, 9.17) is 0 Å². The minimum absolute atomic E-state index is 0.600. The second-order valence-electron chi connectivity index (χ2n) is 1.62. The Morgan fingerprint density at radius 1 is 1.30 bits per heavy atom.